The van der Waals surface area contributed by atoms with Crippen LogP contribution in [0.2, 0.25) is 0 Å². The summed E-state index contributed by atoms with van der Waals surface area (Å²) in [5, 5.41) is 6.25. The van der Waals surface area contributed by atoms with Crippen LogP contribution in [-0.2, 0) is 4.79 Å². The second-order valence-corrected chi connectivity index (χ2v) is 3.42. The summed E-state index contributed by atoms with van der Waals surface area (Å²) in [5.74, 6) is 0.0768. The first kappa shape index (κ1) is 10.3. The Morgan fingerprint density at radius 1 is 1.69 bits per heavy atom. The van der Waals surface area contributed by atoms with Crippen LogP contribution in [0.15, 0.2) is 12.7 Å². The molecule has 2 N–H and O–H groups in total. The van der Waals surface area contributed by atoms with Crippen molar-refractivity contribution in [2.45, 2.75) is 31.7 Å². The topological polar surface area (TPSA) is 41.1 Å². The van der Waals surface area contributed by atoms with E-state index in [0.29, 0.717) is 12.5 Å². The Morgan fingerprint density at radius 3 is 3.15 bits per heavy atom. The van der Waals surface area contributed by atoms with Crippen LogP contribution in [-0.4, -0.2) is 25.0 Å². The summed E-state index contributed by atoms with van der Waals surface area (Å²) >= 11 is 0. The summed E-state index contributed by atoms with van der Waals surface area (Å²) in [6.07, 6.45) is 5.62. The average Bonchev–Trinajstić information content (AvgIpc) is 2.57. The van der Waals surface area contributed by atoms with Crippen molar-refractivity contribution in [2.24, 2.45) is 0 Å². The van der Waals surface area contributed by atoms with Gasteiger partial charge in [-0.2, -0.15) is 0 Å². The molecule has 1 atom stereocenters. The lowest BCUT2D eigenvalue weighted by atomic mass is 10.1. The molecule has 0 aromatic heterocycles. The van der Waals surface area contributed by atoms with Gasteiger partial charge >= 0.3 is 0 Å². The summed E-state index contributed by atoms with van der Waals surface area (Å²) in [6, 6.07) is 0.615. The monoisotopic (exact) mass is 182 g/mol. The molecule has 0 saturated carbocycles. The van der Waals surface area contributed by atoms with Crippen LogP contribution in [0.5, 0.6) is 0 Å². The maximum absolute atomic E-state index is 11.0. The van der Waals surface area contributed by atoms with E-state index in [1.807, 2.05) is 0 Å². The van der Waals surface area contributed by atoms with Crippen LogP contribution in [0.4, 0.5) is 0 Å². The normalized spacial score (nSPS) is 21.4. The molecule has 1 aliphatic rings. The van der Waals surface area contributed by atoms with Crippen molar-refractivity contribution in [1.82, 2.24) is 10.6 Å². The van der Waals surface area contributed by atoms with Crippen LogP contribution in [0, 0.1) is 0 Å². The highest BCUT2D eigenvalue weighted by Crippen LogP contribution is 2.07. The van der Waals surface area contributed by atoms with E-state index >= 15 is 0 Å². The average molecular weight is 182 g/mol. The fourth-order valence-electron chi connectivity index (χ4n) is 1.59. The van der Waals surface area contributed by atoms with E-state index in [-0.39, 0.29) is 5.91 Å². The van der Waals surface area contributed by atoms with E-state index in [1.54, 1.807) is 6.08 Å². The fourth-order valence-corrected chi connectivity index (χ4v) is 1.59. The van der Waals surface area contributed by atoms with Crippen molar-refractivity contribution in [2.75, 3.05) is 13.1 Å². The second kappa shape index (κ2) is 5.75. The van der Waals surface area contributed by atoms with Crippen LogP contribution in [0.25, 0.3) is 0 Å². The number of nitrogens with one attached hydrogen (secondary N) is 2. The van der Waals surface area contributed by atoms with E-state index in [9.17, 15) is 4.79 Å². The van der Waals surface area contributed by atoms with Gasteiger partial charge in [-0.3, -0.25) is 4.79 Å². The molecule has 1 amide bonds. The highest BCUT2D eigenvalue weighted by Gasteiger charge is 2.13. The zero-order chi connectivity index (χ0) is 9.52. The minimum atomic E-state index is 0.0768. The molecule has 0 aliphatic carbocycles. The molecule has 3 nitrogen and oxygen atoms in total. The van der Waals surface area contributed by atoms with E-state index in [4.69, 9.17) is 0 Å². The quantitative estimate of drug-likeness (QED) is 0.618. The number of hydrogen-bond acceptors (Lipinski definition) is 2. The molecule has 1 rings (SSSR count). The Labute approximate surface area is 79.6 Å². The lowest BCUT2D eigenvalue weighted by molar-refractivity contribution is -0.120. The molecule has 13 heavy (non-hydrogen) atoms. The highest BCUT2D eigenvalue weighted by atomic mass is 16.1. The Bertz CT molecular complexity index is 174. The zero-order valence-corrected chi connectivity index (χ0v) is 8.01. The summed E-state index contributed by atoms with van der Waals surface area (Å²) in [7, 11) is 0. The van der Waals surface area contributed by atoms with Crippen molar-refractivity contribution in [3.8, 4) is 0 Å². The summed E-state index contributed by atoms with van der Waals surface area (Å²) < 4.78 is 0. The molecule has 1 fully saturated rings. The lowest BCUT2D eigenvalue weighted by Crippen LogP contribution is -2.30. The van der Waals surface area contributed by atoms with Gasteiger partial charge in [0.15, 0.2) is 0 Å². The molecule has 1 saturated heterocycles. The predicted molar refractivity (Wildman–Crippen MR) is 53.5 cm³/mol. The molecule has 0 aromatic carbocycles. The summed E-state index contributed by atoms with van der Waals surface area (Å²) in [4.78, 5) is 11.0. The molecule has 0 unspecified atom stereocenters. The van der Waals surface area contributed by atoms with Crippen LogP contribution in [0.1, 0.15) is 25.7 Å². The number of rotatable bonds is 5. The van der Waals surface area contributed by atoms with Gasteiger partial charge in [-0.15, -0.1) is 6.58 Å². The van der Waals surface area contributed by atoms with E-state index in [2.05, 4.69) is 17.2 Å². The smallest absolute Gasteiger partial charge is 0.223 e. The van der Waals surface area contributed by atoms with Gasteiger partial charge in [-0.05, 0) is 25.8 Å². The minimum Gasteiger partial charge on any atom is -0.356 e. The molecular weight excluding hydrogens is 164 g/mol. The first-order chi connectivity index (χ1) is 6.33. The summed E-state index contributed by atoms with van der Waals surface area (Å²) in [6.45, 7) is 5.43. The fraction of sp³-hybridized carbons (Fsp3) is 0.700. The summed E-state index contributed by atoms with van der Waals surface area (Å²) in [5.41, 5.74) is 0. The minimum absolute atomic E-state index is 0.0768. The van der Waals surface area contributed by atoms with Crippen LogP contribution < -0.4 is 10.6 Å². The molecule has 74 valence electrons. The standard InChI is InChI=1S/C10H18N2O/c1-2-4-10(13)12-8-6-9-5-3-7-11-9/h2,9,11H,1,3-8H2,(H,12,13)/t9-/m1/s1. The Morgan fingerprint density at radius 2 is 2.54 bits per heavy atom. The number of amides is 1. The Kier molecular flexibility index (Phi) is 4.54. The third-order valence-corrected chi connectivity index (χ3v) is 2.31. The van der Waals surface area contributed by atoms with Gasteiger partial charge < -0.3 is 10.6 Å². The van der Waals surface area contributed by atoms with Gasteiger partial charge in [0.05, 0.1) is 0 Å². The maximum Gasteiger partial charge on any atom is 0.223 e. The molecular formula is C10H18N2O. The SMILES string of the molecule is C=CCC(=O)NCC[C@H]1CCCN1. The van der Waals surface area contributed by atoms with Crippen molar-refractivity contribution < 1.29 is 4.79 Å². The third-order valence-electron chi connectivity index (χ3n) is 2.31. The third kappa shape index (κ3) is 4.08. The first-order valence-corrected chi connectivity index (χ1v) is 4.94. The zero-order valence-electron chi connectivity index (χ0n) is 8.01. The Hall–Kier alpha value is -0.830. The molecule has 3 heteroatoms. The van der Waals surface area contributed by atoms with Gasteiger partial charge in [-0.25, -0.2) is 0 Å². The van der Waals surface area contributed by atoms with Gasteiger partial charge in [0, 0.05) is 19.0 Å². The van der Waals surface area contributed by atoms with Crippen molar-refractivity contribution in [3.63, 3.8) is 0 Å². The van der Waals surface area contributed by atoms with E-state index in [0.717, 1.165) is 19.5 Å². The Balaban J connectivity index is 1.99. The molecule has 0 radical (unpaired) electrons. The second-order valence-electron chi connectivity index (χ2n) is 3.42. The molecule has 0 bridgehead atoms. The van der Waals surface area contributed by atoms with E-state index in [1.165, 1.54) is 12.8 Å². The molecule has 0 spiro atoms. The van der Waals surface area contributed by atoms with Crippen LogP contribution >= 0.6 is 0 Å². The van der Waals surface area contributed by atoms with E-state index < -0.39 is 0 Å². The molecule has 0 aromatic rings. The molecule has 1 aliphatic heterocycles. The van der Waals surface area contributed by atoms with Gasteiger partial charge in [0.1, 0.15) is 0 Å². The van der Waals surface area contributed by atoms with Gasteiger partial charge in [0.2, 0.25) is 5.91 Å². The van der Waals surface area contributed by atoms with Crippen molar-refractivity contribution in [3.05, 3.63) is 12.7 Å². The van der Waals surface area contributed by atoms with Crippen molar-refractivity contribution in [1.29, 1.82) is 0 Å². The van der Waals surface area contributed by atoms with Crippen LogP contribution in [0.3, 0.4) is 0 Å². The maximum atomic E-state index is 11.0. The number of carbonyl (C=O) groups is 1. The highest BCUT2D eigenvalue weighted by molar-refractivity contribution is 5.77. The predicted octanol–water partition coefficient (Wildman–Crippen LogP) is 0.821. The lowest BCUT2D eigenvalue weighted by Gasteiger charge is -2.09. The first-order valence-electron chi connectivity index (χ1n) is 4.94. The van der Waals surface area contributed by atoms with Gasteiger partial charge in [-0.1, -0.05) is 6.08 Å². The van der Waals surface area contributed by atoms with Crippen molar-refractivity contribution >= 4 is 5.91 Å². The largest absolute Gasteiger partial charge is 0.356 e. The number of hydrogen-bond donors (Lipinski definition) is 2. The van der Waals surface area contributed by atoms with Gasteiger partial charge in [0.25, 0.3) is 0 Å². The molecule has 1 heterocycles. The number of carbonyl (C=O) groups excluding carboxylic acids is 1.